The van der Waals surface area contributed by atoms with Crippen LogP contribution >= 0.6 is 0 Å². The SMILES string of the molecule is CC.CC/C=C(/C=NC=C(C)C)OC(F)F. The molecule has 0 rings (SSSR count). The minimum atomic E-state index is -2.80. The molecule has 0 saturated heterocycles. The summed E-state index contributed by atoms with van der Waals surface area (Å²) in [5, 5.41) is 0. The monoisotopic (exact) mass is 233 g/mol. The summed E-state index contributed by atoms with van der Waals surface area (Å²) in [5.41, 5.74) is 0.995. The van der Waals surface area contributed by atoms with Crippen LogP contribution in [0.4, 0.5) is 8.78 Å². The van der Waals surface area contributed by atoms with E-state index in [1.165, 1.54) is 6.21 Å². The number of halogens is 2. The lowest BCUT2D eigenvalue weighted by Gasteiger charge is -2.03. The molecule has 0 fully saturated rings. The molecule has 0 aromatic carbocycles. The minimum Gasteiger partial charge on any atom is -0.434 e. The molecule has 0 unspecified atom stereocenters. The molecule has 0 aromatic rings. The fourth-order valence-corrected chi connectivity index (χ4v) is 0.695. The Morgan fingerprint density at radius 2 is 1.88 bits per heavy atom. The normalized spacial score (nSPS) is 11.1. The summed E-state index contributed by atoms with van der Waals surface area (Å²) in [6.07, 6.45) is 5.04. The lowest BCUT2D eigenvalue weighted by molar-refractivity contribution is -0.0894. The van der Waals surface area contributed by atoms with Crippen molar-refractivity contribution in [1.82, 2.24) is 0 Å². The van der Waals surface area contributed by atoms with E-state index in [0.717, 1.165) is 5.57 Å². The van der Waals surface area contributed by atoms with Crippen molar-refractivity contribution in [2.75, 3.05) is 0 Å². The van der Waals surface area contributed by atoms with Crippen LogP contribution in [-0.2, 0) is 4.74 Å². The van der Waals surface area contributed by atoms with E-state index in [0.29, 0.717) is 6.42 Å². The summed E-state index contributed by atoms with van der Waals surface area (Å²) in [6.45, 7) is 6.78. The maximum absolute atomic E-state index is 11.9. The Labute approximate surface area is 96.7 Å². The van der Waals surface area contributed by atoms with E-state index in [1.54, 1.807) is 12.3 Å². The first-order chi connectivity index (χ1) is 7.56. The van der Waals surface area contributed by atoms with Crippen molar-refractivity contribution in [3.05, 3.63) is 23.6 Å². The minimum absolute atomic E-state index is 0.0972. The average molecular weight is 233 g/mol. The first-order valence-electron chi connectivity index (χ1n) is 5.37. The molecule has 16 heavy (non-hydrogen) atoms. The van der Waals surface area contributed by atoms with Gasteiger partial charge in [0.25, 0.3) is 0 Å². The highest BCUT2D eigenvalue weighted by Gasteiger charge is 2.03. The van der Waals surface area contributed by atoms with Crippen molar-refractivity contribution in [3.63, 3.8) is 0 Å². The molecule has 0 aromatic heterocycles. The summed E-state index contributed by atoms with van der Waals surface area (Å²) in [7, 11) is 0. The van der Waals surface area contributed by atoms with Gasteiger partial charge in [-0.05, 0) is 26.3 Å². The van der Waals surface area contributed by atoms with E-state index < -0.39 is 6.61 Å². The topological polar surface area (TPSA) is 21.6 Å². The van der Waals surface area contributed by atoms with Crippen LogP contribution in [0.25, 0.3) is 0 Å². The van der Waals surface area contributed by atoms with E-state index >= 15 is 0 Å². The Bertz CT molecular complexity index is 241. The van der Waals surface area contributed by atoms with E-state index in [2.05, 4.69) is 9.73 Å². The van der Waals surface area contributed by atoms with Crippen molar-refractivity contribution >= 4 is 6.21 Å². The molecule has 0 spiro atoms. The zero-order valence-corrected chi connectivity index (χ0v) is 10.6. The molecule has 0 heterocycles. The molecule has 2 nitrogen and oxygen atoms in total. The number of alkyl halides is 2. The lowest BCUT2D eigenvalue weighted by atomic mass is 10.4. The third kappa shape index (κ3) is 12.8. The predicted molar refractivity (Wildman–Crippen MR) is 64.7 cm³/mol. The summed E-state index contributed by atoms with van der Waals surface area (Å²) >= 11 is 0. The van der Waals surface area contributed by atoms with Gasteiger partial charge in [-0.3, -0.25) is 4.99 Å². The van der Waals surface area contributed by atoms with Gasteiger partial charge < -0.3 is 4.74 Å². The molecule has 0 N–H and O–H groups in total. The molecule has 0 radical (unpaired) electrons. The smallest absolute Gasteiger partial charge is 0.387 e. The second-order valence-electron chi connectivity index (χ2n) is 2.88. The van der Waals surface area contributed by atoms with Gasteiger partial charge in [0.05, 0.1) is 6.21 Å². The Morgan fingerprint density at radius 3 is 2.25 bits per heavy atom. The Kier molecular flexibility index (Phi) is 12.8. The van der Waals surface area contributed by atoms with Crippen molar-refractivity contribution < 1.29 is 13.5 Å². The molecule has 0 aliphatic rings. The van der Waals surface area contributed by atoms with Crippen LogP contribution in [0.3, 0.4) is 0 Å². The van der Waals surface area contributed by atoms with Gasteiger partial charge in [0.15, 0.2) is 0 Å². The molecule has 0 atom stereocenters. The van der Waals surface area contributed by atoms with E-state index in [-0.39, 0.29) is 5.76 Å². The standard InChI is InChI=1S/C10H15F2NO.C2H6/c1-4-5-9(14-10(11)12)7-13-6-8(2)3;1-2/h5-7,10H,4H2,1-3H3;1-2H3/b9-5-,13-7?;. The largest absolute Gasteiger partial charge is 0.434 e. The number of hydrogen-bond donors (Lipinski definition) is 0. The fraction of sp³-hybridized carbons (Fsp3) is 0.583. The predicted octanol–water partition coefficient (Wildman–Crippen LogP) is 4.54. The van der Waals surface area contributed by atoms with Gasteiger partial charge in [0.1, 0.15) is 5.76 Å². The molecule has 0 saturated carbocycles. The van der Waals surface area contributed by atoms with Crippen LogP contribution in [0.2, 0.25) is 0 Å². The molecule has 0 aliphatic heterocycles. The lowest BCUT2D eigenvalue weighted by Crippen LogP contribution is -2.00. The Hall–Kier alpha value is -1.19. The Morgan fingerprint density at radius 1 is 1.31 bits per heavy atom. The van der Waals surface area contributed by atoms with Gasteiger partial charge in [-0.25, -0.2) is 0 Å². The highest BCUT2D eigenvalue weighted by molar-refractivity contribution is 5.76. The number of nitrogens with zero attached hydrogens (tertiary/aromatic N) is 1. The molecule has 0 amide bonds. The second kappa shape index (κ2) is 11.9. The first-order valence-corrected chi connectivity index (χ1v) is 5.37. The van der Waals surface area contributed by atoms with Crippen LogP contribution in [0.15, 0.2) is 28.6 Å². The van der Waals surface area contributed by atoms with Gasteiger partial charge in [-0.15, -0.1) is 0 Å². The summed E-state index contributed by atoms with van der Waals surface area (Å²) in [6, 6.07) is 0. The van der Waals surface area contributed by atoms with E-state index in [9.17, 15) is 8.78 Å². The number of allylic oxidation sites excluding steroid dienone is 3. The first kappa shape index (κ1) is 17.2. The number of aliphatic imine (C=N–C) groups is 1. The number of hydrogen-bond acceptors (Lipinski definition) is 2. The summed E-state index contributed by atoms with van der Waals surface area (Å²) < 4.78 is 27.9. The third-order valence-corrected chi connectivity index (χ3v) is 1.16. The highest BCUT2D eigenvalue weighted by Crippen LogP contribution is 2.04. The van der Waals surface area contributed by atoms with Crippen LogP contribution < -0.4 is 0 Å². The van der Waals surface area contributed by atoms with Gasteiger partial charge in [0.2, 0.25) is 0 Å². The van der Waals surface area contributed by atoms with Gasteiger partial charge in [0, 0.05) is 6.20 Å². The van der Waals surface area contributed by atoms with Gasteiger partial charge in [-0.2, -0.15) is 8.78 Å². The summed E-state index contributed by atoms with van der Waals surface area (Å²) in [4.78, 5) is 3.83. The zero-order valence-electron chi connectivity index (χ0n) is 10.6. The molecule has 94 valence electrons. The molecule has 0 bridgehead atoms. The number of rotatable bonds is 5. The second-order valence-corrected chi connectivity index (χ2v) is 2.88. The number of ether oxygens (including phenoxy) is 1. The maximum Gasteiger partial charge on any atom is 0.387 e. The van der Waals surface area contributed by atoms with Crippen LogP contribution in [-0.4, -0.2) is 12.8 Å². The summed E-state index contributed by atoms with van der Waals surface area (Å²) in [5.74, 6) is 0.0972. The van der Waals surface area contributed by atoms with Crippen molar-refractivity contribution in [2.24, 2.45) is 4.99 Å². The third-order valence-electron chi connectivity index (χ3n) is 1.16. The molecular formula is C12H21F2NO. The maximum atomic E-state index is 11.9. The van der Waals surface area contributed by atoms with E-state index in [4.69, 9.17) is 0 Å². The van der Waals surface area contributed by atoms with E-state index in [1.807, 2.05) is 34.6 Å². The van der Waals surface area contributed by atoms with Crippen LogP contribution in [0.1, 0.15) is 41.0 Å². The molecule has 4 heteroatoms. The molecular weight excluding hydrogens is 212 g/mol. The Balaban J connectivity index is 0. The average Bonchev–Trinajstić information content (AvgIpc) is 2.19. The van der Waals surface area contributed by atoms with Crippen molar-refractivity contribution in [2.45, 2.75) is 47.7 Å². The van der Waals surface area contributed by atoms with Gasteiger partial charge >= 0.3 is 6.61 Å². The van der Waals surface area contributed by atoms with Gasteiger partial charge in [-0.1, -0.05) is 26.3 Å². The van der Waals surface area contributed by atoms with Crippen molar-refractivity contribution in [1.29, 1.82) is 0 Å². The fourth-order valence-electron chi connectivity index (χ4n) is 0.695. The van der Waals surface area contributed by atoms with Crippen molar-refractivity contribution in [3.8, 4) is 0 Å². The quantitative estimate of drug-likeness (QED) is 0.504. The molecule has 0 aliphatic carbocycles. The van der Waals surface area contributed by atoms with Crippen LogP contribution in [0.5, 0.6) is 0 Å². The highest BCUT2D eigenvalue weighted by atomic mass is 19.3. The van der Waals surface area contributed by atoms with Crippen LogP contribution in [0, 0.1) is 0 Å². The zero-order chi connectivity index (χ0) is 13.0.